The van der Waals surface area contributed by atoms with E-state index in [-0.39, 0.29) is 29.7 Å². The third-order valence-electron chi connectivity index (χ3n) is 5.08. The zero-order valence-electron chi connectivity index (χ0n) is 17.8. The van der Waals surface area contributed by atoms with Gasteiger partial charge in [-0.15, -0.1) is 11.3 Å². The van der Waals surface area contributed by atoms with Gasteiger partial charge >= 0.3 is 0 Å². The Morgan fingerprint density at radius 2 is 1.90 bits per heavy atom. The SMILES string of the molecule is CC(C)(C)NC(=O)C1CCN(Cc2cc(NC(=O)Cc3ccccc3Cl)cs2)CC1. The molecule has 1 aliphatic heterocycles. The van der Waals surface area contributed by atoms with Gasteiger partial charge in [-0.2, -0.15) is 0 Å². The summed E-state index contributed by atoms with van der Waals surface area (Å²) in [4.78, 5) is 28.3. The lowest BCUT2D eigenvalue weighted by Crippen LogP contribution is -2.46. The predicted molar refractivity (Wildman–Crippen MR) is 124 cm³/mol. The molecule has 2 N–H and O–H groups in total. The molecule has 1 fully saturated rings. The van der Waals surface area contributed by atoms with Gasteiger partial charge in [-0.1, -0.05) is 29.8 Å². The van der Waals surface area contributed by atoms with Crippen LogP contribution in [0.4, 0.5) is 5.69 Å². The van der Waals surface area contributed by atoms with Gasteiger partial charge in [0.25, 0.3) is 0 Å². The standard InChI is InChI=1S/C23H30ClN3O2S/c1-23(2,3)26-22(29)16-8-10-27(11-9-16)14-19-13-18(15-30-19)25-21(28)12-17-6-4-5-7-20(17)24/h4-7,13,15-16H,8-12,14H2,1-3H3,(H,25,28)(H,26,29). The molecular formula is C23H30ClN3O2S. The zero-order chi connectivity index (χ0) is 21.7. The highest BCUT2D eigenvalue weighted by Gasteiger charge is 2.27. The predicted octanol–water partition coefficient (Wildman–Crippen LogP) is 4.71. The Bertz CT molecular complexity index is 883. The maximum absolute atomic E-state index is 12.4. The highest BCUT2D eigenvalue weighted by atomic mass is 35.5. The van der Waals surface area contributed by atoms with Gasteiger partial charge in [-0.05, 0) is 64.4 Å². The summed E-state index contributed by atoms with van der Waals surface area (Å²) in [7, 11) is 0. The number of hydrogen-bond acceptors (Lipinski definition) is 4. The number of rotatable bonds is 6. The van der Waals surface area contributed by atoms with Crippen molar-refractivity contribution in [2.45, 2.75) is 52.1 Å². The molecule has 0 saturated carbocycles. The van der Waals surface area contributed by atoms with E-state index in [0.717, 1.165) is 43.7 Å². The first-order valence-electron chi connectivity index (χ1n) is 10.3. The minimum atomic E-state index is -0.183. The van der Waals surface area contributed by atoms with Crippen molar-refractivity contribution >= 4 is 40.4 Å². The summed E-state index contributed by atoms with van der Waals surface area (Å²) >= 11 is 7.78. The quantitative estimate of drug-likeness (QED) is 0.674. The van der Waals surface area contributed by atoms with Gasteiger partial charge in [0, 0.05) is 33.3 Å². The minimum absolute atomic E-state index is 0.0712. The summed E-state index contributed by atoms with van der Waals surface area (Å²) in [6.07, 6.45) is 2.03. The highest BCUT2D eigenvalue weighted by Crippen LogP contribution is 2.25. The number of halogens is 1. The number of benzene rings is 1. The Balaban J connectivity index is 1.45. The van der Waals surface area contributed by atoms with E-state index in [9.17, 15) is 9.59 Å². The van der Waals surface area contributed by atoms with E-state index in [0.29, 0.717) is 5.02 Å². The molecule has 1 aliphatic rings. The van der Waals surface area contributed by atoms with Gasteiger partial charge in [-0.25, -0.2) is 0 Å². The number of thiophene rings is 1. The molecule has 2 amide bonds. The smallest absolute Gasteiger partial charge is 0.228 e. The summed E-state index contributed by atoms with van der Waals surface area (Å²) in [6, 6.07) is 9.44. The first kappa shape index (κ1) is 22.8. The van der Waals surface area contributed by atoms with Crippen LogP contribution in [0.25, 0.3) is 0 Å². The number of nitrogens with one attached hydrogen (secondary N) is 2. The molecule has 30 heavy (non-hydrogen) atoms. The van der Waals surface area contributed by atoms with E-state index in [1.165, 1.54) is 4.88 Å². The fraction of sp³-hybridized carbons (Fsp3) is 0.478. The summed E-state index contributed by atoms with van der Waals surface area (Å²) in [5, 5.41) is 8.64. The van der Waals surface area contributed by atoms with Crippen LogP contribution in [0.15, 0.2) is 35.7 Å². The van der Waals surface area contributed by atoms with Crippen molar-refractivity contribution in [2.24, 2.45) is 5.92 Å². The Hall–Kier alpha value is -1.89. The number of anilines is 1. The van der Waals surface area contributed by atoms with Gasteiger partial charge in [0.15, 0.2) is 0 Å². The second kappa shape index (κ2) is 9.94. The number of carbonyl (C=O) groups excluding carboxylic acids is 2. The van der Waals surface area contributed by atoms with Crippen molar-refractivity contribution in [1.29, 1.82) is 0 Å². The van der Waals surface area contributed by atoms with Crippen molar-refractivity contribution in [1.82, 2.24) is 10.2 Å². The number of hydrogen-bond donors (Lipinski definition) is 2. The molecular weight excluding hydrogens is 418 g/mol. The molecule has 1 saturated heterocycles. The molecule has 1 aromatic heterocycles. The van der Waals surface area contributed by atoms with Gasteiger partial charge in [0.2, 0.25) is 11.8 Å². The van der Waals surface area contributed by atoms with Gasteiger partial charge in [0.1, 0.15) is 0 Å². The summed E-state index contributed by atoms with van der Waals surface area (Å²) < 4.78 is 0. The van der Waals surface area contributed by atoms with Crippen LogP contribution in [-0.4, -0.2) is 35.3 Å². The van der Waals surface area contributed by atoms with Crippen LogP contribution in [-0.2, 0) is 22.6 Å². The molecule has 2 heterocycles. The van der Waals surface area contributed by atoms with Crippen molar-refractivity contribution in [3.63, 3.8) is 0 Å². The summed E-state index contributed by atoms with van der Waals surface area (Å²) in [6.45, 7) is 8.71. The Morgan fingerprint density at radius 1 is 1.20 bits per heavy atom. The average molecular weight is 448 g/mol. The summed E-state index contributed by atoms with van der Waals surface area (Å²) in [5.41, 5.74) is 1.47. The van der Waals surface area contributed by atoms with E-state index in [4.69, 9.17) is 11.6 Å². The fourth-order valence-corrected chi connectivity index (χ4v) is 4.65. The zero-order valence-corrected chi connectivity index (χ0v) is 19.4. The third-order valence-corrected chi connectivity index (χ3v) is 6.37. The van der Waals surface area contributed by atoms with Crippen molar-refractivity contribution in [2.75, 3.05) is 18.4 Å². The molecule has 2 aromatic rings. The number of likely N-dealkylation sites (tertiary alicyclic amines) is 1. The van der Waals surface area contributed by atoms with Crippen molar-refractivity contribution < 1.29 is 9.59 Å². The molecule has 162 valence electrons. The normalized spacial score (nSPS) is 15.7. The van der Waals surface area contributed by atoms with Crippen LogP contribution in [0.3, 0.4) is 0 Å². The second-order valence-electron chi connectivity index (χ2n) is 8.91. The van der Waals surface area contributed by atoms with Crippen LogP contribution in [0.5, 0.6) is 0 Å². The lowest BCUT2D eigenvalue weighted by atomic mass is 9.94. The molecule has 0 bridgehead atoms. The monoisotopic (exact) mass is 447 g/mol. The second-order valence-corrected chi connectivity index (χ2v) is 10.3. The van der Waals surface area contributed by atoms with E-state index >= 15 is 0 Å². The van der Waals surface area contributed by atoms with Gasteiger partial charge in [0.05, 0.1) is 12.1 Å². The average Bonchev–Trinajstić information content (AvgIpc) is 3.09. The molecule has 5 nitrogen and oxygen atoms in total. The van der Waals surface area contributed by atoms with E-state index < -0.39 is 0 Å². The highest BCUT2D eigenvalue weighted by molar-refractivity contribution is 7.10. The van der Waals surface area contributed by atoms with Gasteiger partial charge < -0.3 is 10.6 Å². The lowest BCUT2D eigenvalue weighted by Gasteiger charge is -2.32. The molecule has 0 atom stereocenters. The molecule has 7 heteroatoms. The Labute approximate surface area is 187 Å². The number of nitrogens with zero attached hydrogens (tertiary/aromatic N) is 1. The third kappa shape index (κ3) is 6.83. The Morgan fingerprint density at radius 3 is 2.57 bits per heavy atom. The number of carbonyl (C=O) groups is 2. The molecule has 0 aliphatic carbocycles. The fourth-order valence-electron chi connectivity index (χ4n) is 3.59. The number of piperidine rings is 1. The maximum Gasteiger partial charge on any atom is 0.228 e. The molecule has 0 unspecified atom stereocenters. The van der Waals surface area contributed by atoms with Crippen molar-refractivity contribution in [3.8, 4) is 0 Å². The van der Waals surface area contributed by atoms with Crippen LogP contribution >= 0.6 is 22.9 Å². The van der Waals surface area contributed by atoms with Crippen molar-refractivity contribution in [3.05, 3.63) is 51.2 Å². The van der Waals surface area contributed by atoms with E-state index in [1.54, 1.807) is 17.4 Å². The van der Waals surface area contributed by atoms with Crippen LogP contribution in [0.2, 0.25) is 5.02 Å². The topological polar surface area (TPSA) is 61.4 Å². The van der Waals surface area contributed by atoms with Crippen LogP contribution < -0.4 is 10.6 Å². The first-order chi connectivity index (χ1) is 14.2. The van der Waals surface area contributed by atoms with E-state index in [1.807, 2.05) is 50.4 Å². The first-order valence-corrected chi connectivity index (χ1v) is 11.6. The number of amides is 2. The molecule has 0 radical (unpaired) electrons. The molecule has 0 spiro atoms. The molecule has 1 aromatic carbocycles. The lowest BCUT2D eigenvalue weighted by molar-refractivity contribution is -0.128. The Kier molecular flexibility index (Phi) is 7.55. The molecule has 3 rings (SSSR count). The summed E-state index contributed by atoms with van der Waals surface area (Å²) in [5.74, 6) is 0.198. The maximum atomic E-state index is 12.4. The van der Waals surface area contributed by atoms with E-state index in [2.05, 4.69) is 15.5 Å². The van der Waals surface area contributed by atoms with Crippen LogP contribution in [0, 0.1) is 5.92 Å². The van der Waals surface area contributed by atoms with Gasteiger partial charge in [-0.3, -0.25) is 14.5 Å². The minimum Gasteiger partial charge on any atom is -0.351 e. The largest absolute Gasteiger partial charge is 0.351 e. The van der Waals surface area contributed by atoms with Crippen LogP contribution in [0.1, 0.15) is 44.1 Å².